The van der Waals surface area contributed by atoms with Gasteiger partial charge in [-0.2, -0.15) is 5.10 Å². The zero-order valence-electron chi connectivity index (χ0n) is 11.4. The Balaban J connectivity index is 2.13. The fourth-order valence-electron chi connectivity index (χ4n) is 1.70. The van der Waals surface area contributed by atoms with E-state index in [1.807, 2.05) is 0 Å². The number of nitrogens with one attached hydrogen (secondary N) is 1. The largest absolute Gasteiger partial charge is 0.488 e. The molecule has 2 aromatic rings. The third kappa shape index (κ3) is 4.20. The highest BCUT2D eigenvalue weighted by molar-refractivity contribution is 6.31. The lowest BCUT2D eigenvalue weighted by Crippen LogP contribution is -2.24. The van der Waals surface area contributed by atoms with E-state index in [2.05, 4.69) is 10.5 Å². The molecule has 114 valence electrons. The Kier molecular flexibility index (Phi) is 5.32. The van der Waals surface area contributed by atoms with Crippen molar-refractivity contribution in [2.24, 2.45) is 10.8 Å². The lowest BCUT2D eigenvalue weighted by Gasteiger charge is -2.10. The van der Waals surface area contributed by atoms with Gasteiger partial charge in [0.25, 0.3) is 0 Å². The molecule has 5 nitrogen and oxygen atoms in total. The molecule has 0 aliphatic rings. The molecule has 2 amide bonds. The molecule has 0 radical (unpaired) electrons. The zero-order chi connectivity index (χ0) is 15.9. The normalized spacial score (nSPS) is 10.6. The molecule has 0 unspecified atom stereocenters. The van der Waals surface area contributed by atoms with E-state index in [-0.39, 0.29) is 12.2 Å². The van der Waals surface area contributed by atoms with Crippen LogP contribution in [-0.4, -0.2) is 12.2 Å². The molecule has 7 heteroatoms. The number of hydrogen-bond acceptors (Lipinski definition) is 3. The zero-order valence-corrected chi connectivity index (χ0v) is 12.2. The summed E-state index contributed by atoms with van der Waals surface area (Å²) in [5.41, 5.74) is 7.87. The summed E-state index contributed by atoms with van der Waals surface area (Å²) in [6, 6.07) is 10.6. The molecule has 2 rings (SSSR count). The minimum atomic E-state index is -0.771. The molecule has 0 aliphatic carbocycles. The second-order valence-electron chi connectivity index (χ2n) is 4.26. The molecule has 0 aromatic heterocycles. The van der Waals surface area contributed by atoms with Crippen molar-refractivity contribution >= 4 is 23.8 Å². The van der Waals surface area contributed by atoms with Gasteiger partial charge in [-0.05, 0) is 24.3 Å². The number of amides is 2. The van der Waals surface area contributed by atoms with Crippen LogP contribution < -0.4 is 15.9 Å². The lowest BCUT2D eigenvalue weighted by atomic mass is 10.2. The number of para-hydroxylation sites is 1. The second kappa shape index (κ2) is 7.42. The van der Waals surface area contributed by atoms with Gasteiger partial charge in [0.1, 0.15) is 18.2 Å². The summed E-state index contributed by atoms with van der Waals surface area (Å²) in [5.74, 6) is 0.0332. The van der Waals surface area contributed by atoms with E-state index in [0.29, 0.717) is 16.3 Å². The predicted molar refractivity (Wildman–Crippen MR) is 82.5 cm³/mol. The third-order valence-electron chi connectivity index (χ3n) is 2.73. The topological polar surface area (TPSA) is 76.7 Å². The van der Waals surface area contributed by atoms with Crippen molar-refractivity contribution in [2.45, 2.75) is 6.61 Å². The number of benzene rings is 2. The minimum Gasteiger partial charge on any atom is -0.488 e. The van der Waals surface area contributed by atoms with Gasteiger partial charge in [0.15, 0.2) is 0 Å². The number of primary amides is 1. The van der Waals surface area contributed by atoms with Crippen LogP contribution >= 0.6 is 11.6 Å². The van der Waals surface area contributed by atoms with Crippen LogP contribution in [0.3, 0.4) is 0 Å². The maximum Gasteiger partial charge on any atom is 0.332 e. The van der Waals surface area contributed by atoms with Crippen molar-refractivity contribution in [1.29, 1.82) is 0 Å². The molecule has 3 N–H and O–H groups in total. The number of carbonyl (C=O) groups is 1. The Morgan fingerprint density at radius 1 is 1.32 bits per heavy atom. The number of halogens is 2. The Morgan fingerprint density at radius 2 is 2.09 bits per heavy atom. The van der Waals surface area contributed by atoms with Crippen LogP contribution in [0.15, 0.2) is 47.6 Å². The summed E-state index contributed by atoms with van der Waals surface area (Å²) in [4.78, 5) is 10.6. The quantitative estimate of drug-likeness (QED) is 0.656. The summed E-state index contributed by atoms with van der Waals surface area (Å²) >= 11 is 5.95. The fourth-order valence-corrected chi connectivity index (χ4v) is 1.92. The highest BCUT2D eigenvalue weighted by Gasteiger charge is 2.09. The number of hydrazone groups is 1. The van der Waals surface area contributed by atoms with Gasteiger partial charge in [-0.15, -0.1) is 0 Å². The molecular weight excluding hydrogens is 309 g/mol. The van der Waals surface area contributed by atoms with Crippen LogP contribution in [0.1, 0.15) is 11.1 Å². The monoisotopic (exact) mass is 321 g/mol. The Bertz CT molecular complexity index is 687. The maximum atomic E-state index is 13.7. The van der Waals surface area contributed by atoms with Gasteiger partial charge in [-0.25, -0.2) is 14.6 Å². The van der Waals surface area contributed by atoms with Gasteiger partial charge in [0.05, 0.1) is 11.2 Å². The highest BCUT2D eigenvalue weighted by Crippen LogP contribution is 2.23. The number of hydrogen-bond donors (Lipinski definition) is 2. The molecule has 0 fully saturated rings. The van der Waals surface area contributed by atoms with Crippen molar-refractivity contribution in [1.82, 2.24) is 5.43 Å². The number of nitrogens with zero attached hydrogens (tertiary/aromatic N) is 1. The molecule has 0 heterocycles. The SMILES string of the molecule is NC(=O)NN=Cc1ccccc1OCc1c(F)cccc1Cl. The molecule has 0 spiro atoms. The maximum absolute atomic E-state index is 13.7. The summed E-state index contributed by atoms with van der Waals surface area (Å²) in [6.07, 6.45) is 1.38. The number of carbonyl (C=O) groups excluding carboxylic acids is 1. The van der Waals surface area contributed by atoms with Gasteiger partial charge in [-0.1, -0.05) is 29.8 Å². The second-order valence-corrected chi connectivity index (χ2v) is 4.67. The molecule has 0 saturated carbocycles. The first kappa shape index (κ1) is 15.8. The molecule has 2 aromatic carbocycles. The van der Waals surface area contributed by atoms with Crippen molar-refractivity contribution in [3.05, 3.63) is 64.4 Å². The number of urea groups is 1. The van der Waals surface area contributed by atoms with E-state index in [1.54, 1.807) is 30.3 Å². The summed E-state index contributed by atoms with van der Waals surface area (Å²) in [5, 5.41) is 3.96. The van der Waals surface area contributed by atoms with Crippen LogP contribution in [-0.2, 0) is 6.61 Å². The van der Waals surface area contributed by atoms with E-state index < -0.39 is 11.8 Å². The van der Waals surface area contributed by atoms with Crippen molar-refractivity contribution in [2.75, 3.05) is 0 Å². The number of nitrogens with two attached hydrogens (primary N) is 1. The van der Waals surface area contributed by atoms with Gasteiger partial charge in [0, 0.05) is 11.1 Å². The predicted octanol–water partition coefficient (Wildman–Crippen LogP) is 3.06. The first-order valence-corrected chi connectivity index (χ1v) is 6.69. The summed E-state index contributed by atoms with van der Waals surface area (Å²) < 4.78 is 19.3. The Labute approximate surface area is 131 Å². The average molecular weight is 322 g/mol. The van der Waals surface area contributed by atoms with Crippen molar-refractivity contribution < 1.29 is 13.9 Å². The molecule has 0 bridgehead atoms. The van der Waals surface area contributed by atoms with Gasteiger partial charge in [-0.3, -0.25) is 0 Å². The Hall–Kier alpha value is -2.60. The summed E-state index contributed by atoms with van der Waals surface area (Å²) in [6.45, 7) is -0.0282. The van der Waals surface area contributed by atoms with E-state index in [1.165, 1.54) is 18.3 Å². The average Bonchev–Trinajstić information content (AvgIpc) is 2.48. The van der Waals surface area contributed by atoms with E-state index >= 15 is 0 Å². The van der Waals surface area contributed by atoms with Crippen molar-refractivity contribution in [3.8, 4) is 5.75 Å². The smallest absolute Gasteiger partial charge is 0.332 e. The minimum absolute atomic E-state index is 0.0282. The third-order valence-corrected chi connectivity index (χ3v) is 3.09. The van der Waals surface area contributed by atoms with E-state index in [0.717, 1.165) is 0 Å². The van der Waals surface area contributed by atoms with Gasteiger partial charge in [0.2, 0.25) is 0 Å². The van der Waals surface area contributed by atoms with Crippen LogP contribution in [0.4, 0.5) is 9.18 Å². The van der Waals surface area contributed by atoms with Gasteiger partial charge < -0.3 is 10.5 Å². The lowest BCUT2D eigenvalue weighted by molar-refractivity contribution is 0.249. The highest BCUT2D eigenvalue weighted by atomic mass is 35.5. The molecule has 0 atom stereocenters. The molecule has 0 aliphatic heterocycles. The number of ether oxygens (including phenoxy) is 1. The molecule has 0 saturated heterocycles. The fraction of sp³-hybridized carbons (Fsp3) is 0.0667. The van der Waals surface area contributed by atoms with Crippen LogP contribution in [0.5, 0.6) is 5.75 Å². The summed E-state index contributed by atoms with van der Waals surface area (Å²) in [7, 11) is 0. The Morgan fingerprint density at radius 3 is 2.82 bits per heavy atom. The molecule has 22 heavy (non-hydrogen) atoms. The molecular formula is C15H13ClFN3O2. The van der Waals surface area contributed by atoms with Crippen LogP contribution in [0.25, 0.3) is 0 Å². The van der Waals surface area contributed by atoms with E-state index in [9.17, 15) is 9.18 Å². The van der Waals surface area contributed by atoms with Gasteiger partial charge >= 0.3 is 6.03 Å². The first-order chi connectivity index (χ1) is 10.6. The standard InChI is InChI=1S/C15H13ClFN3O2/c16-12-5-3-6-13(17)11(12)9-22-14-7-2-1-4-10(14)8-19-20-15(18)21/h1-8H,9H2,(H3,18,20,21). The van der Waals surface area contributed by atoms with Crippen LogP contribution in [0, 0.1) is 5.82 Å². The van der Waals surface area contributed by atoms with Crippen molar-refractivity contribution in [3.63, 3.8) is 0 Å². The number of rotatable bonds is 5. The van der Waals surface area contributed by atoms with E-state index in [4.69, 9.17) is 22.1 Å². The van der Waals surface area contributed by atoms with Crippen LogP contribution in [0.2, 0.25) is 5.02 Å². The first-order valence-electron chi connectivity index (χ1n) is 6.31.